The Morgan fingerprint density at radius 3 is 2.93 bits per heavy atom. The van der Waals surface area contributed by atoms with Crippen LogP contribution in [0.3, 0.4) is 0 Å². The van der Waals surface area contributed by atoms with Crippen LogP contribution >= 0.6 is 27.7 Å². The summed E-state index contributed by atoms with van der Waals surface area (Å²) >= 11 is 5.50. The van der Waals surface area contributed by atoms with E-state index in [4.69, 9.17) is 4.42 Å². The quantitative estimate of drug-likeness (QED) is 0.800. The zero-order chi connectivity index (χ0) is 10.8. The fourth-order valence-corrected chi connectivity index (χ4v) is 2.80. The van der Waals surface area contributed by atoms with Gasteiger partial charge in [0.25, 0.3) is 0 Å². The van der Waals surface area contributed by atoms with Gasteiger partial charge in [-0.25, -0.2) is 0 Å². The van der Waals surface area contributed by atoms with Crippen molar-refractivity contribution in [1.82, 2.24) is 0 Å². The molecule has 15 heavy (non-hydrogen) atoms. The number of benzene rings is 1. The number of halogens is 1. The van der Waals surface area contributed by atoms with Crippen LogP contribution in [0, 0.1) is 0 Å². The number of furan rings is 1. The van der Waals surface area contributed by atoms with Gasteiger partial charge < -0.3 is 4.42 Å². The van der Waals surface area contributed by atoms with E-state index in [9.17, 15) is 0 Å². The average Bonchev–Trinajstić information content (AvgIpc) is 2.59. The molecule has 0 unspecified atom stereocenters. The van der Waals surface area contributed by atoms with Gasteiger partial charge in [-0.05, 0) is 17.4 Å². The molecular weight excluding hydrogens is 272 g/mol. The van der Waals surface area contributed by atoms with Crippen molar-refractivity contribution in [2.75, 3.05) is 0 Å². The van der Waals surface area contributed by atoms with Gasteiger partial charge in [-0.1, -0.05) is 35.8 Å². The third-order valence-electron chi connectivity index (χ3n) is 2.20. The van der Waals surface area contributed by atoms with Crippen molar-refractivity contribution in [1.29, 1.82) is 0 Å². The lowest BCUT2D eigenvalue weighted by molar-refractivity contribution is 0.612. The summed E-state index contributed by atoms with van der Waals surface area (Å²) in [5.41, 5.74) is 2.24. The highest BCUT2D eigenvalue weighted by Gasteiger charge is 2.09. The molecule has 2 rings (SSSR count). The Labute approximate surface area is 102 Å². The molecule has 1 aromatic heterocycles. The van der Waals surface area contributed by atoms with Crippen molar-refractivity contribution in [3.05, 3.63) is 34.5 Å². The fourth-order valence-electron chi connectivity index (χ4n) is 1.47. The van der Waals surface area contributed by atoms with E-state index >= 15 is 0 Å². The zero-order valence-corrected chi connectivity index (χ0v) is 11.2. The molecule has 0 fully saturated rings. The molecule has 1 heterocycles. The number of fused-ring (bicyclic) bond motifs is 1. The smallest absolute Gasteiger partial charge is 0.135 e. The van der Waals surface area contributed by atoms with Crippen molar-refractivity contribution in [2.45, 2.75) is 24.9 Å². The molecule has 0 radical (unpaired) electrons. The number of hydrogen-bond donors (Lipinski definition) is 0. The molecule has 0 bridgehead atoms. The SMILES string of the molecule is CC(C)SCc1coc2cccc(Br)c12. The molecule has 0 saturated heterocycles. The monoisotopic (exact) mass is 284 g/mol. The maximum atomic E-state index is 5.52. The van der Waals surface area contributed by atoms with Crippen LogP contribution in [0.25, 0.3) is 11.0 Å². The third kappa shape index (κ3) is 2.40. The maximum absolute atomic E-state index is 5.52. The molecule has 0 aliphatic rings. The minimum absolute atomic E-state index is 0.650. The standard InChI is InChI=1S/C12H13BrOS/c1-8(2)15-7-9-6-14-11-5-3-4-10(13)12(9)11/h3-6,8H,7H2,1-2H3. The van der Waals surface area contributed by atoms with Gasteiger partial charge in [-0.15, -0.1) is 0 Å². The summed E-state index contributed by atoms with van der Waals surface area (Å²) < 4.78 is 6.64. The van der Waals surface area contributed by atoms with Crippen molar-refractivity contribution >= 4 is 38.7 Å². The van der Waals surface area contributed by atoms with Gasteiger partial charge in [0.2, 0.25) is 0 Å². The Morgan fingerprint density at radius 1 is 1.40 bits per heavy atom. The lowest BCUT2D eigenvalue weighted by atomic mass is 10.2. The van der Waals surface area contributed by atoms with E-state index in [1.807, 2.05) is 30.2 Å². The Kier molecular flexibility index (Phi) is 3.42. The predicted molar refractivity (Wildman–Crippen MR) is 70.3 cm³/mol. The summed E-state index contributed by atoms with van der Waals surface area (Å²) in [6.45, 7) is 4.42. The summed E-state index contributed by atoms with van der Waals surface area (Å²) in [5.74, 6) is 1.01. The molecule has 0 saturated carbocycles. The molecule has 2 aromatic rings. The van der Waals surface area contributed by atoms with Crippen LogP contribution in [0.2, 0.25) is 0 Å². The van der Waals surface area contributed by atoms with E-state index in [1.165, 1.54) is 10.9 Å². The molecule has 0 atom stereocenters. The highest BCUT2D eigenvalue weighted by molar-refractivity contribution is 9.10. The van der Waals surface area contributed by atoms with Crippen LogP contribution in [0.4, 0.5) is 0 Å². The molecule has 0 N–H and O–H groups in total. The summed E-state index contributed by atoms with van der Waals surface area (Å²) in [6, 6.07) is 6.06. The van der Waals surface area contributed by atoms with Gasteiger partial charge in [0, 0.05) is 21.2 Å². The van der Waals surface area contributed by atoms with Crippen LogP contribution in [0.5, 0.6) is 0 Å². The van der Waals surface area contributed by atoms with Crippen molar-refractivity contribution in [3.63, 3.8) is 0 Å². The molecule has 0 spiro atoms. The second kappa shape index (κ2) is 4.62. The molecule has 0 aliphatic carbocycles. The van der Waals surface area contributed by atoms with E-state index in [2.05, 4.69) is 35.8 Å². The molecule has 0 amide bonds. The number of thioether (sulfide) groups is 1. The van der Waals surface area contributed by atoms with Gasteiger partial charge in [0.1, 0.15) is 5.58 Å². The second-order valence-electron chi connectivity index (χ2n) is 3.73. The topological polar surface area (TPSA) is 13.1 Å². The first kappa shape index (κ1) is 11.1. The molecular formula is C12H13BrOS. The second-order valence-corrected chi connectivity index (χ2v) is 6.15. The van der Waals surface area contributed by atoms with Gasteiger partial charge in [-0.3, -0.25) is 0 Å². The summed E-state index contributed by atoms with van der Waals surface area (Å²) in [6.07, 6.45) is 1.87. The van der Waals surface area contributed by atoms with Crippen LogP contribution in [0.1, 0.15) is 19.4 Å². The number of hydrogen-bond acceptors (Lipinski definition) is 2. The Balaban J connectivity index is 2.35. The lowest BCUT2D eigenvalue weighted by Gasteiger charge is -2.03. The Bertz CT molecular complexity index is 462. The maximum Gasteiger partial charge on any atom is 0.135 e. The van der Waals surface area contributed by atoms with E-state index in [1.54, 1.807) is 0 Å². The van der Waals surface area contributed by atoms with Crippen LogP contribution < -0.4 is 0 Å². The van der Waals surface area contributed by atoms with Crippen molar-refractivity contribution in [3.8, 4) is 0 Å². The van der Waals surface area contributed by atoms with Crippen molar-refractivity contribution < 1.29 is 4.42 Å². The largest absolute Gasteiger partial charge is 0.464 e. The Hall–Kier alpha value is -0.410. The van der Waals surface area contributed by atoms with Gasteiger partial charge in [0.05, 0.1) is 6.26 Å². The average molecular weight is 285 g/mol. The van der Waals surface area contributed by atoms with E-state index in [0.29, 0.717) is 5.25 Å². The minimum atomic E-state index is 0.650. The normalized spacial score (nSPS) is 11.5. The molecule has 3 heteroatoms. The molecule has 80 valence electrons. The number of rotatable bonds is 3. The molecule has 1 nitrogen and oxygen atoms in total. The molecule has 1 aromatic carbocycles. The van der Waals surface area contributed by atoms with Gasteiger partial charge >= 0.3 is 0 Å². The third-order valence-corrected chi connectivity index (χ3v) is 4.00. The lowest BCUT2D eigenvalue weighted by Crippen LogP contribution is -1.87. The van der Waals surface area contributed by atoms with Crippen LogP contribution in [-0.4, -0.2) is 5.25 Å². The first-order valence-corrected chi connectivity index (χ1v) is 6.79. The van der Waals surface area contributed by atoms with Gasteiger partial charge in [0.15, 0.2) is 0 Å². The first-order chi connectivity index (χ1) is 7.18. The van der Waals surface area contributed by atoms with Crippen molar-refractivity contribution in [2.24, 2.45) is 0 Å². The minimum Gasteiger partial charge on any atom is -0.464 e. The van der Waals surface area contributed by atoms with Crippen LogP contribution in [-0.2, 0) is 5.75 Å². The summed E-state index contributed by atoms with van der Waals surface area (Å²) in [7, 11) is 0. The van der Waals surface area contributed by atoms with Gasteiger partial charge in [-0.2, -0.15) is 11.8 Å². The van der Waals surface area contributed by atoms with E-state index in [0.717, 1.165) is 15.8 Å². The zero-order valence-electron chi connectivity index (χ0n) is 8.79. The first-order valence-electron chi connectivity index (χ1n) is 4.94. The fraction of sp³-hybridized carbons (Fsp3) is 0.333. The highest BCUT2D eigenvalue weighted by Crippen LogP contribution is 2.31. The highest BCUT2D eigenvalue weighted by atomic mass is 79.9. The van der Waals surface area contributed by atoms with E-state index < -0.39 is 0 Å². The summed E-state index contributed by atoms with van der Waals surface area (Å²) in [4.78, 5) is 0. The van der Waals surface area contributed by atoms with Crippen LogP contribution in [0.15, 0.2) is 33.4 Å². The predicted octanol–water partition coefficient (Wildman–Crippen LogP) is 4.84. The molecule has 0 aliphatic heterocycles. The summed E-state index contributed by atoms with van der Waals surface area (Å²) in [5, 5.41) is 1.86. The van der Waals surface area contributed by atoms with E-state index in [-0.39, 0.29) is 0 Å². The Morgan fingerprint density at radius 2 is 2.20 bits per heavy atom.